The van der Waals surface area contributed by atoms with E-state index in [1.165, 1.54) is 31.4 Å². The lowest BCUT2D eigenvalue weighted by molar-refractivity contribution is -0.127. The fraction of sp³-hybridized carbons (Fsp3) is 0.368. The highest BCUT2D eigenvalue weighted by atomic mass is 79.9. The van der Waals surface area contributed by atoms with E-state index in [-0.39, 0.29) is 28.6 Å². The first-order valence-electron chi connectivity index (χ1n) is 8.29. The third kappa shape index (κ3) is 4.97. The summed E-state index contributed by atoms with van der Waals surface area (Å²) >= 11 is 3.19. The van der Waals surface area contributed by atoms with Crippen LogP contribution in [-0.2, 0) is 9.53 Å². The lowest BCUT2D eigenvalue weighted by atomic mass is 10.0. The number of carbonyl (C=O) groups excluding carboxylic acids is 2. The van der Waals surface area contributed by atoms with Crippen molar-refractivity contribution in [2.75, 3.05) is 7.11 Å². The van der Waals surface area contributed by atoms with E-state index in [2.05, 4.69) is 15.9 Å². The summed E-state index contributed by atoms with van der Waals surface area (Å²) < 4.78 is 10.7. The first-order valence-corrected chi connectivity index (χ1v) is 9.09. The van der Waals surface area contributed by atoms with E-state index in [0.717, 1.165) is 6.08 Å². The van der Waals surface area contributed by atoms with Crippen LogP contribution < -0.4 is 4.74 Å². The molecular weight excluding hydrogens is 420 g/mol. The van der Waals surface area contributed by atoms with Crippen molar-refractivity contribution in [3.05, 3.63) is 39.9 Å². The molecule has 2 rings (SSSR count). The Kier molecular flexibility index (Phi) is 7.18. The van der Waals surface area contributed by atoms with Crippen LogP contribution in [-0.4, -0.2) is 52.5 Å². The Morgan fingerprint density at radius 3 is 2.52 bits per heavy atom. The summed E-state index contributed by atoms with van der Waals surface area (Å²) in [5.74, 6) is -1.39. The molecule has 1 aliphatic heterocycles. The number of esters is 1. The molecule has 0 saturated heterocycles. The molecule has 0 radical (unpaired) electrons. The lowest BCUT2D eigenvalue weighted by Crippen LogP contribution is -2.32. The summed E-state index contributed by atoms with van der Waals surface area (Å²) in [5.41, 5.74) is 0.253. The number of hydrogen-bond donors (Lipinski definition) is 3. The Balaban J connectivity index is 2.52. The van der Waals surface area contributed by atoms with Gasteiger partial charge in [-0.3, -0.25) is 4.79 Å². The molecule has 27 heavy (non-hydrogen) atoms. The number of aliphatic hydroxyl groups is 2. The van der Waals surface area contributed by atoms with Crippen molar-refractivity contribution in [2.45, 2.75) is 38.1 Å². The number of halogens is 1. The number of hydrogen-bond acceptors (Lipinski definition) is 7. The van der Waals surface area contributed by atoms with Gasteiger partial charge in [0, 0.05) is 6.42 Å². The molecule has 0 fully saturated rings. The molecule has 3 N–H and O–H groups in total. The third-order valence-electron chi connectivity index (χ3n) is 4.05. The molecule has 7 nitrogen and oxygen atoms in total. The predicted molar refractivity (Wildman–Crippen MR) is 102 cm³/mol. The van der Waals surface area contributed by atoms with Crippen LogP contribution in [0.3, 0.4) is 0 Å². The molecule has 1 aliphatic rings. The van der Waals surface area contributed by atoms with Crippen LogP contribution in [0.15, 0.2) is 28.8 Å². The topological polar surface area (TPSA) is 113 Å². The van der Waals surface area contributed by atoms with Gasteiger partial charge >= 0.3 is 5.97 Å². The minimum atomic E-state index is -1.56. The number of phenolic OH excluding ortho intramolecular Hbond substituents is 1. The smallest absolute Gasteiger partial charge is 0.342 e. The average Bonchev–Trinajstić information content (AvgIpc) is 2.62. The van der Waals surface area contributed by atoms with E-state index in [1.807, 2.05) is 0 Å². The number of rotatable bonds is 1. The fourth-order valence-corrected chi connectivity index (χ4v) is 3.03. The molecule has 0 bridgehead atoms. The fourth-order valence-electron chi connectivity index (χ4n) is 2.55. The number of ketones is 1. The molecule has 1 heterocycles. The van der Waals surface area contributed by atoms with Gasteiger partial charge in [-0.2, -0.15) is 0 Å². The normalized spacial score (nSPS) is 26.5. The molecule has 0 aliphatic carbocycles. The van der Waals surface area contributed by atoms with Gasteiger partial charge in [-0.15, -0.1) is 0 Å². The van der Waals surface area contributed by atoms with E-state index < -0.39 is 30.1 Å². The van der Waals surface area contributed by atoms with Crippen molar-refractivity contribution in [1.82, 2.24) is 0 Å². The molecule has 0 amide bonds. The summed E-state index contributed by atoms with van der Waals surface area (Å²) in [5, 5.41) is 30.3. The van der Waals surface area contributed by atoms with Gasteiger partial charge in [0.25, 0.3) is 0 Å². The van der Waals surface area contributed by atoms with E-state index in [1.54, 1.807) is 6.92 Å². The summed E-state index contributed by atoms with van der Waals surface area (Å²) in [4.78, 5) is 24.4. The van der Waals surface area contributed by atoms with E-state index >= 15 is 0 Å². The third-order valence-corrected chi connectivity index (χ3v) is 4.82. The number of aromatic hydroxyl groups is 1. The van der Waals surface area contributed by atoms with Crippen LogP contribution in [0.25, 0.3) is 6.08 Å². The summed E-state index contributed by atoms with van der Waals surface area (Å²) in [7, 11) is 1.41. The first-order chi connectivity index (χ1) is 12.8. The molecule has 0 aromatic heterocycles. The molecule has 3 atom stereocenters. The number of aliphatic hydroxyl groups excluding tert-OH is 2. The standard InChI is InChI=1S/C19H21BrO7/c1-10-5-3-7-12(21)17(23)13(22)8-4-6-11-9-14(26-2)16(20)18(24)15(11)19(25)27-10/h3-4,6-7,9-10,13,17,22-24H,5,8H2,1-2H3/b6-4+,7-3-/t10-,13-,17+/m0/s1. The van der Waals surface area contributed by atoms with Crippen molar-refractivity contribution in [2.24, 2.45) is 0 Å². The number of cyclic esters (lactones) is 1. The highest BCUT2D eigenvalue weighted by Crippen LogP contribution is 2.40. The Labute approximate surface area is 165 Å². The monoisotopic (exact) mass is 440 g/mol. The van der Waals surface area contributed by atoms with Gasteiger partial charge in [0.2, 0.25) is 0 Å². The number of benzene rings is 1. The maximum atomic E-state index is 12.6. The maximum absolute atomic E-state index is 12.6. The molecule has 146 valence electrons. The van der Waals surface area contributed by atoms with Gasteiger partial charge in [-0.05, 0) is 47.0 Å². The first kappa shape index (κ1) is 21.1. The van der Waals surface area contributed by atoms with Gasteiger partial charge in [-0.1, -0.05) is 18.2 Å². The predicted octanol–water partition coefficient (Wildman–Crippen LogP) is 2.36. The van der Waals surface area contributed by atoms with Crippen molar-refractivity contribution in [3.8, 4) is 11.5 Å². The zero-order chi connectivity index (χ0) is 20.1. The molecular formula is C19H21BrO7. The summed E-state index contributed by atoms with van der Waals surface area (Å²) in [6, 6.07) is 1.53. The second-order valence-electron chi connectivity index (χ2n) is 6.11. The summed E-state index contributed by atoms with van der Waals surface area (Å²) in [6.45, 7) is 1.63. The quantitative estimate of drug-likeness (QED) is 0.574. The summed E-state index contributed by atoms with van der Waals surface area (Å²) in [6.07, 6.45) is 2.33. The van der Waals surface area contributed by atoms with Gasteiger partial charge in [-0.25, -0.2) is 4.79 Å². The van der Waals surface area contributed by atoms with Crippen molar-refractivity contribution < 1.29 is 34.4 Å². The molecule has 0 spiro atoms. The van der Waals surface area contributed by atoms with Gasteiger partial charge in [0.1, 0.15) is 33.7 Å². The molecule has 1 aromatic carbocycles. The Morgan fingerprint density at radius 1 is 1.19 bits per heavy atom. The largest absolute Gasteiger partial charge is 0.506 e. The number of carbonyl (C=O) groups is 2. The molecule has 1 aromatic rings. The molecule has 0 saturated carbocycles. The lowest BCUT2D eigenvalue weighted by Gasteiger charge is -2.17. The SMILES string of the molecule is COc1cc2c(c(O)c1Br)C(=O)O[C@@H](C)C/C=C\C(=O)[C@@H](O)[C@@H](O)C/C=C/2. The van der Waals surface area contributed by atoms with E-state index in [0.29, 0.717) is 11.3 Å². The molecule has 8 heteroatoms. The van der Waals surface area contributed by atoms with Crippen molar-refractivity contribution >= 4 is 33.8 Å². The number of fused-ring (bicyclic) bond motifs is 1. The Bertz CT molecular complexity index is 785. The minimum absolute atomic E-state index is 0.0369. The minimum Gasteiger partial charge on any atom is -0.506 e. The van der Waals surface area contributed by atoms with Crippen LogP contribution in [0.4, 0.5) is 0 Å². The number of methoxy groups -OCH3 is 1. The Morgan fingerprint density at radius 2 is 1.85 bits per heavy atom. The zero-order valence-corrected chi connectivity index (χ0v) is 16.5. The van der Waals surface area contributed by atoms with Gasteiger partial charge in [0.05, 0.1) is 13.2 Å². The van der Waals surface area contributed by atoms with Crippen LogP contribution in [0.5, 0.6) is 11.5 Å². The highest BCUT2D eigenvalue weighted by Gasteiger charge is 2.25. The Hall–Kier alpha value is -2.16. The second-order valence-corrected chi connectivity index (χ2v) is 6.91. The second kappa shape index (κ2) is 9.16. The van der Waals surface area contributed by atoms with Crippen LogP contribution in [0, 0.1) is 0 Å². The number of ether oxygens (including phenoxy) is 2. The molecule has 0 unspecified atom stereocenters. The van der Waals surface area contributed by atoms with Crippen molar-refractivity contribution in [1.29, 1.82) is 0 Å². The van der Waals surface area contributed by atoms with Crippen LogP contribution in [0.2, 0.25) is 0 Å². The van der Waals surface area contributed by atoms with Crippen LogP contribution in [0.1, 0.15) is 35.7 Å². The maximum Gasteiger partial charge on any atom is 0.342 e. The highest BCUT2D eigenvalue weighted by molar-refractivity contribution is 9.10. The van der Waals surface area contributed by atoms with E-state index in [9.17, 15) is 24.9 Å². The number of phenols is 1. The average molecular weight is 441 g/mol. The van der Waals surface area contributed by atoms with Crippen molar-refractivity contribution in [3.63, 3.8) is 0 Å². The zero-order valence-electron chi connectivity index (χ0n) is 14.9. The van der Waals surface area contributed by atoms with Crippen LogP contribution >= 0.6 is 15.9 Å². The van der Waals surface area contributed by atoms with E-state index in [4.69, 9.17) is 9.47 Å². The van der Waals surface area contributed by atoms with Gasteiger partial charge in [0.15, 0.2) is 5.78 Å². The van der Waals surface area contributed by atoms with Gasteiger partial charge < -0.3 is 24.8 Å².